The average molecular weight is 223 g/mol. The minimum absolute atomic E-state index is 0.778. The first-order chi connectivity index (χ1) is 7.29. The summed E-state index contributed by atoms with van der Waals surface area (Å²) in [7, 11) is 3.73. The fourth-order valence-electron chi connectivity index (χ4n) is 1.35. The quantitative estimate of drug-likeness (QED) is 0.608. The van der Waals surface area contributed by atoms with Gasteiger partial charge in [-0.25, -0.2) is 0 Å². The molecule has 0 aliphatic heterocycles. The van der Waals surface area contributed by atoms with Crippen LogP contribution in [0.3, 0.4) is 0 Å². The van der Waals surface area contributed by atoms with E-state index in [-0.39, 0.29) is 0 Å². The number of hydrogen-bond acceptors (Lipinski definition) is 3. The van der Waals surface area contributed by atoms with Crippen molar-refractivity contribution < 1.29 is 4.74 Å². The third-order valence-corrected chi connectivity index (χ3v) is 2.36. The molecular weight excluding hydrogens is 206 g/mol. The molecule has 0 spiro atoms. The Morgan fingerprint density at radius 2 is 2.07 bits per heavy atom. The molecule has 0 aliphatic carbocycles. The Morgan fingerprint density at radius 1 is 1.33 bits per heavy atom. The molecule has 1 aromatic carbocycles. The normalized spacial score (nSPS) is 10.6. The molecule has 82 valence electrons. The lowest BCUT2D eigenvalue weighted by Gasteiger charge is -2.19. The van der Waals surface area contributed by atoms with E-state index < -0.39 is 0 Å². The van der Waals surface area contributed by atoms with E-state index in [1.165, 1.54) is 0 Å². The highest BCUT2D eigenvalue weighted by Gasteiger charge is 2.04. The van der Waals surface area contributed by atoms with Gasteiger partial charge in [-0.1, -0.05) is 24.3 Å². The van der Waals surface area contributed by atoms with E-state index in [0.29, 0.717) is 0 Å². The Morgan fingerprint density at radius 3 is 2.73 bits per heavy atom. The first kappa shape index (κ1) is 12.0. The molecule has 2 nitrogen and oxygen atoms in total. The first-order valence-electron chi connectivity index (χ1n) is 4.89. The Kier molecular flexibility index (Phi) is 5.12. The third-order valence-electron chi connectivity index (χ3n) is 2.15. The van der Waals surface area contributed by atoms with Crippen molar-refractivity contribution in [3.05, 3.63) is 36.4 Å². The molecular formula is C12H17NOS. The third kappa shape index (κ3) is 3.51. The monoisotopic (exact) mass is 223 g/mol. The van der Waals surface area contributed by atoms with Crippen LogP contribution in [0.1, 0.15) is 0 Å². The minimum Gasteiger partial charge on any atom is -0.495 e. The van der Waals surface area contributed by atoms with Gasteiger partial charge in [-0.05, 0) is 12.1 Å². The van der Waals surface area contributed by atoms with E-state index in [0.717, 1.165) is 23.7 Å². The van der Waals surface area contributed by atoms with Crippen LogP contribution < -0.4 is 9.64 Å². The number of methoxy groups -OCH3 is 1. The van der Waals surface area contributed by atoms with Crippen molar-refractivity contribution in [3.8, 4) is 5.75 Å². The number of likely N-dealkylation sites (N-methyl/N-ethyl adjacent to an activating group) is 1. The summed E-state index contributed by atoms with van der Waals surface area (Å²) in [5, 5.41) is 0. The molecule has 0 aliphatic rings. The van der Waals surface area contributed by atoms with Gasteiger partial charge >= 0.3 is 0 Å². The molecule has 1 rings (SSSR count). The lowest BCUT2D eigenvalue weighted by molar-refractivity contribution is 0.415. The number of para-hydroxylation sites is 2. The van der Waals surface area contributed by atoms with Crippen LogP contribution in [0.5, 0.6) is 5.75 Å². The molecule has 0 saturated carbocycles. The van der Waals surface area contributed by atoms with Gasteiger partial charge in [0.2, 0.25) is 0 Å². The van der Waals surface area contributed by atoms with Crippen LogP contribution in [-0.2, 0) is 0 Å². The van der Waals surface area contributed by atoms with Gasteiger partial charge < -0.3 is 9.64 Å². The molecule has 0 unspecified atom stereocenters. The maximum Gasteiger partial charge on any atom is 0.142 e. The number of anilines is 1. The SMILES string of the molecule is COc1ccccc1N(C)CC=CCS. The summed E-state index contributed by atoms with van der Waals surface area (Å²) in [5.41, 5.74) is 1.10. The van der Waals surface area contributed by atoms with Crippen LogP contribution in [-0.4, -0.2) is 26.5 Å². The van der Waals surface area contributed by atoms with Crippen LogP contribution in [0.4, 0.5) is 5.69 Å². The van der Waals surface area contributed by atoms with Gasteiger partial charge in [0, 0.05) is 19.3 Å². The number of benzene rings is 1. The number of rotatable bonds is 5. The molecule has 0 bridgehead atoms. The molecule has 0 saturated heterocycles. The van der Waals surface area contributed by atoms with Crippen molar-refractivity contribution >= 4 is 18.3 Å². The second-order valence-corrected chi connectivity index (χ2v) is 3.57. The highest BCUT2D eigenvalue weighted by molar-refractivity contribution is 7.80. The minimum atomic E-state index is 0.778. The van der Waals surface area contributed by atoms with E-state index in [4.69, 9.17) is 4.74 Å². The number of hydrogen-bond donors (Lipinski definition) is 1. The Bertz CT molecular complexity index is 325. The Balaban J connectivity index is 2.72. The van der Waals surface area contributed by atoms with Crippen LogP contribution in [0.25, 0.3) is 0 Å². The molecule has 0 atom stereocenters. The highest BCUT2D eigenvalue weighted by Crippen LogP contribution is 2.26. The van der Waals surface area contributed by atoms with Crippen molar-refractivity contribution in [1.29, 1.82) is 0 Å². The molecule has 0 fully saturated rings. The summed E-state index contributed by atoms with van der Waals surface area (Å²) in [6.45, 7) is 0.862. The lowest BCUT2D eigenvalue weighted by atomic mass is 10.2. The topological polar surface area (TPSA) is 12.5 Å². The second kappa shape index (κ2) is 6.40. The number of ether oxygens (including phenoxy) is 1. The standard InChI is InChI=1S/C12H17NOS/c1-13(9-5-6-10-15)11-7-3-4-8-12(11)14-2/h3-8,15H,9-10H2,1-2H3. The van der Waals surface area contributed by atoms with E-state index in [1.54, 1.807) is 7.11 Å². The van der Waals surface area contributed by atoms with E-state index >= 15 is 0 Å². The molecule has 1 aromatic rings. The van der Waals surface area contributed by atoms with Gasteiger partial charge in [0.15, 0.2) is 0 Å². The van der Waals surface area contributed by atoms with E-state index in [2.05, 4.69) is 23.6 Å². The maximum atomic E-state index is 5.29. The van der Waals surface area contributed by atoms with Gasteiger partial charge in [0.1, 0.15) is 5.75 Å². The van der Waals surface area contributed by atoms with Gasteiger partial charge in [-0.15, -0.1) is 0 Å². The molecule has 0 heterocycles. The summed E-state index contributed by atoms with van der Waals surface area (Å²) < 4.78 is 5.29. The van der Waals surface area contributed by atoms with Crippen molar-refractivity contribution in [2.45, 2.75) is 0 Å². The average Bonchev–Trinajstić information content (AvgIpc) is 2.29. The predicted octanol–water partition coefficient (Wildman–Crippen LogP) is 2.62. The molecule has 15 heavy (non-hydrogen) atoms. The van der Waals surface area contributed by atoms with Crippen molar-refractivity contribution in [2.75, 3.05) is 31.4 Å². The summed E-state index contributed by atoms with van der Waals surface area (Å²) >= 11 is 4.12. The van der Waals surface area contributed by atoms with E-state index in [9.17, 15) is 0 Å². The fourth-order valence-corrected chi connectivity index (χ4v) is 1.50. The Labute approximate surface area is 97.0 Å². The molecule has 0 N–H and O–H groups in total. The van der Waals surface area contributed by atoms with Crippen LogP contribution in [0.2, 0.25) is 0 Å². The second-order valence-electron chi connectivity index (χ2n) is 3.21. The van der Waals surface area contributed by atoms with Gasteiger partial charge in [0.05, 0.1) is 12.8 Å². The number of thiol groups is 1. The highest BCUT2D eigenvalue weighted by atomic mass is 32.1. The van der Waals surface area contributed by atoms with Crippen molar-refractivity contribution in [3.63, 3.8) is 0 Å². The molecule has 0 radical (unpaired) electrons. The Hall–Kier alpha value is -1.09. The zero-order valence-electron chi connectivity index (χ0n) is 9.18. The fraction of sp³-hybridized carbons (Fsp3) is 0.333. The number of nitrogens with zero attached hydrogens (tertiary/aromatic N) is 1. The molecule has 0 amide bonds. The maximum absolute atomic E-state index is 5.29. The largest absolute Gasteiger partial charge is 0.495 e. The lowest BCUT2D eigenvalue weighted by Crippen LogP contribution is -2.17. The molecule has 0 aromatic heterocycles. The summed E-state index contributed by atoms with van der Waals surface area (Å²) in [4.78, 5) is 2.14. The zero-order valence-corrected chi connectivity index (χ0v) is 10.1. The first-order valence-corrected chi connectivity index (χ1v) is 5.53. The van der Waals surface area contributed by atoms with Gasteiger partial charge in [0.25, 0.3) is 0 Å². The predicted molar refractivity (Wildman–Crippen MR) is 69.3 cm³/mol. The summed E-state index contributed by atoms with van der Waals surface area (Å²) in [6, 6.07) is 8.00. The zero-order chi connectivity index (χ0) is 11.1. The smallest absolute Gasteiger partial charge is 0.142 e. The summed E-state index contributed by atoms with van der Waals surface area (Å²) in [5.74, 6) is 1.68. The summed E-state index contributed by atoms with van der Waals surface area (Å²) in [6.07, 6.45) is 4.13. The molecule has 3 heteroatoms. The van der Waals surface area contributed by atoms with Crippen molar-refractivity contribution in [2.24, 2.45) is 0 Å². The van der Waals surface area contributed by atoms with E-state index in [1.807, 2.05) is 37.4 Å². The van der Waals surface area contributed by atoms with Crippen LogP contribution in [0.15, 0.2) is 36.4 Å². The van der Waals surface area contributed by atoms with Crippen LogP contribution >= 0.6 is 12.6 Å². The van der Waals surface area contributed by atoms with Gasteiger partial charge in [-0.3, -0.25) is 0 Å². The van der Waals surface area contributed by atoms with Crippen LogP contribution in [0, 0.1) is 0 Å². The van der Waals surface area contributed by atoms with Crippen molar-refractivity contribution in [1.82, 2.24) is 0 Å². The van der Waals surface area contributed by atoms with Gasteiger partial charge in [-0.2, -0.15) is 12.6 Å².